The Balaban J connectivity index is 1.77. The van der Waals surface area contributed by atoms with E-state index in [0.717, 1.165) is 43.1 Å². The Bertz CT molecular complexity index is 541. The predicted octanol–water partition coefficient (Wildman–Crippen LogP) is 2.83. The van der Waals surface area contributed by atoms with Gasteiger partial charge in [0.2, 0.25) is 0 Å². The van der Waals surface area contributed by atoms with Gasteiger partial charge in [0.15, 0.2) is 5.76 Å². The Morgan fingerprint density at radius 2 is 2.50 bits per heavy atom. The molecule has 1 aliphatic heterocycles. The van der Waals surface area contributed by atoms with Crippen LogP contribution in [0.15, 0.2) is 10.6 Å². The van der Waals surface area contributed by atoms with Gasteiger partial charge in [-0.05, 0) is 26.3 Å². The third kappa shape index (κ3) is 2.28. The average Bonchev–Trinajstić information content (AvgIpc) is 3.03. The van der Waals surface area contributed by atoms with Gasteiger partial charge in [0.1, 0.15) is 10.0 Å². The van der Waals surface area contributed by atoms with Crippen LogP contribution in [0, 0.1) is 6.92 Å². The van der Waals surface area contributed by atoms with Crippen molar-refractivity contribution in [2.75, 3.05) is 6.54 Å². The molecule has 2 aromatic rings. The second kappa shape index (κ2) is 4.95. The van der Waals surface area contributed by atoms with Crippen LogP contribution < -0.4 is 0 Å². The van der Waals surface area contributed by atoms with Gasteiger partial charge in [0.05, 0.1) is 11.7 Å². The quantitative estimate of drug-likeness (QED) is 0.867. The Morgan fingerprint density at radius 1 is 1.61 bits per heavy atom. The maximum Gasteiger partial charge on any atom is 0.154 e. The van der Waals surface area contributed by atoms with Crippen LogP contribution in [0.1, 0.15) is 36.0 Å². The molecule has 96 valence electrons. The molecule has 0 spiro atoms. The number of hydrogen-bond acceptors (Lipinski definition) is 6. The van der Waals surface area contributed by atoms with Crippen molar-refractivity contribution >= 4 is 23.1 Å². The Morgan fingerprint density at radius 3 is 3.17 bits per heavy atom. The van der Waals surface area contributed by atoms with Gasteiger partial charge in [-0.25, -0.2) is 0 Å². The highest BCUT2D eigenvalue weighted by Gasteiger charge is 2.30. The summed E-state index contributed by atoms with van der Waals surface area (Å²) in [6.45, 7) is 3.69. The van der Waals surface area contributed by atoms with Crippen LogP contribution in [0.2, 0.25) is 4.34 Å². The molecule has 0 aliphatic carbocycles. The highest BCUT2D eigenvalue weighted by Crippen LogP contribution is 2.34. The lowest BCUT2D eigenvalue weighted by Gasteiger charge is -2.20. The normalized spacial score (nSPS) is 20.7. The van der Waals surface area contributed by atoms with Gasteiger partial charge in [0, 0.05) is 24.1 Å². The van der Waals surface area contributed by atoms with Crippen LogP contribution in [-0.4, -0.2) is 26.2 Å². The number of aromatic nitrogens is 3. The fourth-order valence-corrected chi connectivity index (χ4v) is 2.97. The highest BCUT2D eigenvalue weighted by atomic mass is 35.5. The maximum absolute atomic E-state index is 6.05. The van der Waals surface area contributed by atoms with Crippen LogP contribution in [0.3, 0.4) is 0 Å². The molecular formula is C11H13ClN4OS. The molecule has 0 N–H and O–H groups in total. The number of halogens is 1. The van der Waals surface area contributed by atoms with Crippen molar-refractivity contribution < 1.29 is 4.52 Å². The molecule has 0 bridgehead atoms. The Labute approximate surface area is 114 Å². The van der Waals surface area contributed by atoms with Gasteiger partial charge in [-0.3, -0.25) is 4.90 Å². The summed E-state index contributed by atoms with van der Waals surface area (Å²) in [4.78, 5) is 2.32. The van der Waals surface area contributed by atoms with E-state index in [-0.39, 0.29) is 6.04 Å². The Hall–Kier alpha value is -0.980. The standard InChI is InChI=1S/C11H13ClN4OS/c1-7-5-10(17-14-7)9-3-2-4-16(9)6-8-11(12)18-15-13-8/h5,9H,2-4,6H2,1H3/t9-/m0/s1. The van der Waals surface area contributed by atoms with E-state index in [1.807, 2.05) is 13.0 Å². The summed E-state index contributed by atoms with van der Waals surface area (Å²) in [6.07, 6.45) is 2.24. The van der Waals surface area contributed by atoms with E-state index in [1.54, 1.807) is 0 Å². The van der Waals surface area contributed by atoms with E-state index in [9.17, 15) is 0 Å². The van der Waals surface area contributed by atoms with E-state index in [2.05, 4.69) is 19.6 Å². The first-order chi connectivity index (χ1) is 8.74. The second-order valence-corrected chi connectivity index (χ2v) is 5.85. The van der Waals surface area contributed by atoms with E-state index in [1.165, 1.54) is 11.5 Å². The first-order valence-electron chi connectivity index (χ1n) is 5.88. The van der Waals surface area contributed by atoms with Crippen molar-refractivity contribution in [3.05, 3.63) is 27.6 Å². The van der Waals surface area contributed by atoms with Crippen molar-refractivity contribution in [3.63, 3.8) is 0 Å². The second-order valence-electron chi connectivity index (χ2n) is 4.49. The fourth-order valence-electron chi connectivity index (χ4n) is 2.36. The van der Waals surface area contributed by atoms with Crippen molar-refractivity contribution in [1.29, 1.82) is 0 Å². The molecule has 1 saturated heterocycles. The molecular weight excluding hydrogens is 272 g/mol. The summed E-state index contributed by atoms with van der Waals surface area (Å²) in [5.41, 5.74) is 1.77. The minimum Gasteiger partial charge on any atom is -0.359 e. The minimum atomic E-state index is 0.281. The third-order valence-electron chi connectivity index (χ3n) is 3.20. The zero-order chi connectivity index (χ0) is 12.5. The molecule has 5 nitrogen and oxygen atoms in total. The van der Waals surface area contributed by atoms with E-state index < -0.39 is 0 Å². The summed E-state index contributed by atoms with van der Waals surface area (Å²) < 4.78 is 9.91. The maximum atomic E-state index is 6.05. The highest BCUT2D eigenvalue weighted by molar-refractivity contribution is 7.10. The van der Waals surface area contributed by atoms with E-state index >= 15 is 0 Å². The molecule has 1 atom stereocenters. The monoisotopic (exact) mass is 284 g/mol. The molecule has 0 aromatic carbocycles. The molecule has 3 heterocycles. The lowest BCUT2D eigenvalue weighted by atomic mass is 10.1. The van der Waals surface area contributed by atoms with Gasteiger partial charge in [-0.2, -0.15) is 0 Å². The van der Waals surface area contributed by atoms with Crippen molar-refractivity contribution in [1.82, 2.24) is 19.6 Å². The molecule has 7 heteroatoms. The van der Waals surface area contributed by atoms with Crippen LogP contribution in [-0.2, 0) is 6.54 Å². The smallest absolute Gasteiger partial charge is 0.154 e. The minimum absolute atomic E-state index is 0.281. The number of nitrogens with zero attached hydrogens (tertiary/aromatic N) is 4. The first kappa shape index (κ1) is 12.1. The van der Waals surface area contributed by atoms with Crippen molar-refractivity contribution in [2.45, 2.75) is 32.4 Å². The van der Waals surface area contributed by atoms with Gasteiger partial charge in [0.25, 0.3) is 0 Å². The zero-order valence-electron chi connectivity index (χ0n) is 9.97. The fraction of sp³-hybridized carbons (Fsp3) is 0.545. The summed E-state index contributed by atoms with van der Waals surface area (Å²) in [6, 6.07) is 2.29. The summed E-state index contributed by atoms with van der Waals surface area (Å²) in [5, 5.41) is 8.02. The number of aryl methyl sites for hydroxylation is 1. The lowest BCUT2D eigenvalue weighted by molar-refractivity contribution is 0.204. The van der Waals surface area contributed by atoms with Gasteiger partial charge < -0.3 is 4.52 Å². The van der Waals surface area contributed by atoms with E-state index in [4.69, 9.17) is 16.1 Å². The largest absolute Gasteiger partial charge is 0.359 e. The molecule has 0 saturated carbocycles. The van der Waals surface area contributed by atoms with Crippen LogP contribution in [0.4, 0.5) is 0 Å². The van der Waals surface area contributed by atoms with Crippen molar-refractivity contribution in [2.24, 2.45) is 0 Å². The SMILES string of the molecule is Cc1cc([C@@H]2CCCN2Cc2nnsc2Cl)on1. The number of hydrogen-bond donors (Lipinski definition) is 0. The molecule has 1 aliphatic rings. The number of rotatable bonds is 3. The predicted molar refractivity (Wildman–Crippen MR) is 68.5 cm³/mol. The van der Waals surface area contributed by atoms with E-state index in [0.29, 0.717) is 4.34 Å². The molecule has 0 amide bonds. The lowest BCUT2D eigenvalue weighted by Crippen LogP contribution is -2.22. The zero-order valence-corrected chi connectivity index (χ0v) is 11.5. The van der Waals surface area contributed by atoms with Crippen LogP contribution in [0.25, 0.3) is 0 Å². The van der Waals surface area contributed by atoms with Gasteiger partial charge >= 0.3 is 0 Å². The average molecular weight is 285 g/mol. The third-order valence-corrected chi connectivity index (χ3v) is 4.18. The van der Waals surface area contributed by atoms with Crippen LogP contribution in [0.5, 0.6) is 0 Å². The summed E-state index contributed by atoms with van der Waals surface area (Å²) >= 11 is 7.28. The summed E-state index contributed by atoms with van der Waals surface area (Å²) in [7, 11) is 0. The Kier molecular flexibility index (Phi) is 3.32. The van der Waals surface area contributed by atoms with Gasteiger partial charge in [-0.1, -0.05) is 21.2 Å². The molecule has 3 rings (SSSR count). The van der Waals surface area contributed by atoms with Crippen molar-refractivity contribution in [3.8, 4) is 0 Å². The molecule has 2 aromatic heterocycles. The topological polar surface area (TPSA) is 55.1 Å². The molecule has 18 heavy (non-hydrogen) atoms. The van der Waals surface area contributed by atoms with Crippen LogP contribution >= 0.6 is 23.1 Å². The molecule has 1 fully saturated rings. The molecule has 0 unspecified atom stereocenters. The summed E-state index contributed by atoms with van der Waals surface area (Å²) in [5.74, 6) is 0.935. The molecule has 0 radical (unpaired) electrons. The first-order valence-corrected chi connectivity index (χ1v) is 7.03. The number of likely N-dealkylation sites (tertiary alicyclic amines) is 1. The van der Waals surface area contributed by atoms with Gasteiger partial charge in [-0.15, -0.1) is 5.10 Å².